The third-order valence-electron chi connectivity index (χ3n) is 4.01. The van der Waals surface area contributed by atoms with Crippen molar-refractivity contribution in [2.75, 3.05) is 0 Å². The van der Waals surface area contributed by atoms with E-state index in [9.17, 15) is 9.18 Å². The predicted molar refractivity (Wildman–Crippen MR) is 105 cm³/mol. The molecule has 126 valence electrons. The van der Waals surface area contributed by atoms with E-state index in [1.54, 1.807) is 36.4 Å². The molecule has 3 aromatic carbocycles. The Hall–Kier alpha value is -3.11. The molecular formula is C22H14FNOS. The van der Waals surface area contributed by atoms with Crippen LogP contribution in [0.25, 0.3) is 21.9 Å². The molecule has 0 N–H and O–H groups in total. The van der Waals surface area contributed by atoms with Gasteiger partial charge in [0.1, 0.15) is 10.8 Å². The van der Waals surface area contributed by atoms with Crippen LogP contribution in [0.3, 0.4) is 0 Å². The first-order valence-electron chi connectivity index (χ1n) is 8.14. The van der Waals surface area contributed by atoms with Crippen LogP contribution in [-0.4, -0.2) is 10.8 Å². The number of carbonyl (C=O) groups is 1. The third kappa shape index (κ3) is 3.19. The van der Waals surface area contributed by atoms with Gasteiger partial charge in [0.2, 0.25) is 0 Å². The summed E-state index contributed by atoms with van der Waals surface area (Å²) in [5, 5.41) is 0.586. The summed E-state index contributed by atoms with van der Waals surface area (Å²) < 4.78 is 15.2. The zero-order chi connectivity index (χ0) is 17.9. The van der Waals surface area contributed by atoms with Crippen molar-refractivity contribution in [2.45, 2.75) is 0 Å². The number of halogens is 1. The fourth-order valence-electron chi connectivity index (χ4n) is 2.70. The van der Waals surface area contributed by atoms with Crippen molar-refractivity contribution < 1.29 is 9.18 Å². The normalized spacial score (nSPS) is 11.7. The maximum absolute atomic E-state index is 14.2. The van der Waals surface area contributed by atoms with Crippen LogP contribution in [0, 0.1) is 5.82 Å². The van der Waals surface area contributed by atoms with Gasteiger partial charge in [0, 0.05) is 11.1 Å². The highest BCUT2D eigenvalue weighted by Crippen LogP contribution is 2.31. The molecule has 4 aromatic rings. The lowest BCUT2D eigenvalue weighted by molar-refractivity contribution is 0.105. The van der Waals surface area contributed by atoms with Gasteiger partial charge in [0.05, 0.1) is 15.8 Å². The van der Waals surface area contributed by atoms with E-state index >= 15 is 0 Å². The van der Waals surface area contributed by atoms with Gasteiger partial charge in [-0.15, -0.1) is 11.3 Å². The van der Waals surface area contributed by atoms with Crippen molar-refractivity contribution in [1.82, 2.24) is 4.98 Å². The number of ketones is 1. The van der Waals surface area contributed by atoms with E-state index < -0.39 is 0 Å². The molecule has 1 heterocycles. The molecule has 0 amide bonds. The van der Waals surface area contributed by atoms with E-state index in [-0.39, 0.29) is 11.6 Å². The quantitative estimate of drug-likeness (QED) is 0.337. The standard InChI is InChI=1S/C22H14FNOS/c23-18-11-5-4-10-16(18)14-17(21(25)15-8-2-1-3-9-15)22-24-19-12-6-7-13-20(19)26-22/h1-14H/b17-14-. The molecule has 0 bridgehead atoms. The first kappa shape index (κ1) is 16.4. The Morgan fingerprint density at radius 2 is 1.58 bits per heavy atom. The topological polar surface area (TPSA) is 30.0 Å². The minimum atomic E-state index is -0.369. The fourth-order valence-corrected chi connectivity index (χ4v) is 3.68. The van der Waals surface area contributed by atoms with E-state index in [2.05, 4.69) is 4.98 Å². The Labute approximate surface area is 154 Å². The number of benzene rings is 3. The van der Waals surface area contributed by atoms with Crippen molar-refractivity contribution in [3.63, 3.8) is 0 Å². The first-order chi connectivity index (χ1) is 12.7. The molecule has 4 heteroatoms. The number of nitrogens with zero attached hydrogens (tertiary/aromatic N) is 1. The van der Waals surface area contributed by atoms with E-state index in [0.717, 1.165) is 10.2 Å². The summed E-state index contributed by atoms with van der Waals surface area (Å²) in [5.41, 5.74) is 2.13. The number of rotatable bonds is 4. The SMILES string of the molecule is O=C(/C(=C/c1ccccc1F)c1nc2ccccc2s1)c1ccccc1. The number of Topliss-reactive ketones (excluding diaryl/α,β-unsaturated/α-hetero) is 1. The average molecular weight is 359 g/mol. The van der Waals surface area contributed by atoms with Crippen molar-refractivity contribution >= 4 is 39.0 Å². The fraction of sp³-hybridized carbons (Fsp3) is 0. The van der Waals surface area contributed by atoms with E-state index in [4.69, 9.17) is 0 Å². The van der Waals surface area contributed by atoms with Crippen LogP contribution in [-0.2, 0) is 0 Å². The second kappa shape index (κ2) is 7.02. The monoisotopic (exact) mass is 359 g/mol. The summed E-state index contributed by atoms with van der Waals surface area (Å²) >= 11 is 1.43. The Bertz CT molecular complexity index is 1080. The number of fused-ring (bicyclic) bond motifs is 1. The minimum absolute atomic E-state index is 0.173. The van der Waals surface area contributed by atoms with Crippen LogP contribution < -0.4 is 0 Å². The van der Waals surface area contributed by atoms with E-state index in [1.165, 1.54) is 17.4 Å². The van der Waals surface area contributed by atoms with Gasteiger partial charge in [-0.25, -0.2) is 9.37 Å². The molecule has 0 aliphatic carbocycles. The van der Waals surface area contributed by atoms with Crippen LogP contribution in [0.5, 0.6) is 0 Å². The molecule has 2 nitrogen and oxygen atoms in total. The summed E-state index contributed by atoms with van der Waals surface area (Å²) in [5.74, 6) is -0.542. The molecule has 0 spiro atoms. The lowest BCUT2D eigenvalue weighted by atomic mass is 10.0. The van der Waals surface area contributed by atoms with Gasteiger partial charge in [0.15, 0.2) is 5.78 Å². The molecule has 0 unspecified atom stereocenters. The van der Waals surface area contributed by atoms with Crippen LogP contribution in [0.15, 0.2) is 78.9 Å². The molecule has 0 atom stereocenters. The summed E-state index contributed by atoms with van der Waals surface area (Å²) in [7, 11) is 0. The summed E-state index contributed by atoms with van der Waals surface area (Å²) in [6.45, 7) is 0. The zero-order valence-corrected chi connectivity index (χ0v) is 14.5. The lowest BCUT2D eigenvalue weighted by Crippen LogP contribution is -2.02. The van der Waals surface area contributed by atoms with Crippen LogP contribution in [0.1, 0.15) is 20.9 Å². The number of hydrogen-bond donors (Lipinski definition) is 0. The molecule has 0 fully saturated rings. The van der Waals surface area contributed by atoms with Crippen molar-refractivity contribution in [2.24, 2.45) is 0 Å². The molecule has 0 aliphatic heterocycles. The first-order valence-corrected chi connectivity index (χ1v) is 8.96. The highest BCUT2D eigenvalue weighted by Gasteiger charge is 2.19. The molecule has 0 aliphatic rings. The second-order valence-corrected chi connectivity index (χ2v) is 6.79. The number of carbonyl (C=O) groups excluding carboxylic acids is 1. The molecule has 0 saturated carbocycles. The van der Waals surface area contributed by atoms with Crippen LogP contribution >= 0.6 is 11.3 Å². The minimum Gasteiger partial charge on any atom is -0.288 e. The molecule has 0 radical (unpaired) electrons. The Morgan fingerprint density at radius 3 is 2.35 bits per heavy atom. The van der Waals surface area contributed by atoms with Crippen LogP contribution in [0.4, 0.5) is 4.39 Å². The smallest absolute Gasteiger partial charge is 0.196 e. The number of thiazole rings is 1. The van der Waals surface area contributed by atoms with Crippen LogP contribution in [0.2, 0.25) is 0 Å². The van der Waals surface area contributed by atoms with Gasteiger partial charge >= 0.3 is 0 Å². The van der Waals surface area contributed by atoms with Gasteiger partial charge in [0.25, 0.3) is 0 Å². The maximum atomic E-state index is 14.2. The molecule has 4 rings (SSSR count). The zero-order valence-electron chi connectivity index (χ0n) is 13.7. The van der Waals surface area contributed by atoms with Crippen molar-refractivity contribution in [1.29, 1.82) is 0 Å². The lowest BCUT2D eigenvalue weighted by Gasteiger charge is -2.05. The summed E-state index contributed by atoms with van der Waals surface area (Å²) in [6.07, 6.45) is 1.59. The molecule has 1 aromatic heterocycles. The summed E-state index contributed by atoms with van der Waals surface area (Å²) in [4.78, 5) is 17.7. The maximum Gasteiger partial charge on any atom is 0.196 e. The van der Waals surface area contributed by atoms with Gasteiger partial charge in [-0.05, 0) is 24.3 Å². The second-order valence-electron chi connectivity index (χ2n) is 5.76. The molecule has 0 saturated heterocycles. The molecular weight excluding hydrogens is 345 g/mol. The number of allylic oxidation sites excluding steroid dienone is 1. The van der Waals surface area contributed by atoms with Crippen molar-refractivity contribution in [3.05, 3.63) is 101 Å². The highest BCUT2D eigenvalue weighted by molar-refractivity contribution is 7.20. The largest absolute Gasteiger partial charge is 0.288 e. The third-order valence-corrected chi connectivity index (χ3v) is 5.08. The van der Waals surface area contributed by atoms with Gasteiger partial charge in [-0.2, -0.15) is 0 Å². The van der Waals surface area contributed by atoms with Gasteiger partial charge in [-0.3, -0.25) is 4.79 Å². The molecule has 26 heavy (non-hydrogen) atoms. The van der Waals surface area contributed by atoms with Gasteiger partial charge in [-0.1, -0.05) is 60.7 Å². The van der Waals surface area contributed by atoms with Gasteiger partial charge < -0.3 is 0 Å². The average Bonchev–Trinajstić information content (AvgIpc) is 3.11. The van der Waals surface area contributed by atoms with Crippen molar-refractivity contribution in [3.8, 4) is 0 Å². The Balaban J connectivity index is 1.89. The number of para-hydroxylation sites is 1. The Kier molecular flexibility index (Phi) is 4.42. The van der Waals surface area contributed by atoms with E-state index in [1.807, 2.05) is 42.5 Å². The Morgan fingerprint density at radius 1 is 0.885 bits per heavy atom. The number of hydrogen-bond acceptors (Lipinski definition) is 3. The predicted octanol–water partition coefficient (Wildman–Crippen LogP) is 5.86. The van der Waals surface area contributed by atoms with E-state index in [0.29, 0.717) is 21.7 Å². The number of aromatic nitrogens is 1. The highest BCUT2D eigenvalue weighted by atomic mass is 32.1. The summed E-state index contributed by atoms with van der Waals surface area (Å²) in [6, 6.07) is 23.1.